The zero-order valence-electron chi connectivity index (χ0n) is 14.1. The second kappa shape index (κ2) is 8.09. The summed E-state index contributed by atoms with van der Waals surface area (Å²) in [5, 5.41) is 4.32. The predicted octanol–water partition coefficient (Wildman–Crippen LogP) is 2.73. The maximum Gasteiger partial charge on any atom is 0.282 e. The van der Waals surface area contributed by atoms with Gasteiger partial charge in [0.15, 0.2) is 6.04 Å². The van der Waals surface area contributed by atoms with Gasteiger partial charge in [0.1, 0.15) is 0 Å². The summed E-state index contributed by atoms with van der Waals surface area (Å²) in [4.78, 5) is 16.1. The van der Waals surface area contributed by atoms with Gasteiger partial charge in [-0.1, -0.05) is 35.3 Å². The Labute approximate surface area is 158 Å². The molecule has 1 heterocycles. The lowest BCUT2D eigenvalue weighted by molar-refractivity contribution is -0.914. The second-order valence-corrected chi connectivity index (χ2v) is 7.22. The number of nitrogens with zero attached hydrogens (tertiary/aromatic N) is 1. The molecular formula is C19H22Cl2N3O+. The monoisotopic (exact) mass is 378 g/mol. The molecule has 2 aromatic rings. The van der Waals surface area contributed by atoms with Gasteiger partial charge in [0.2, 0.25) is 0 Å². The molecule has 1 amide bonds. The van der Waals surface area contributed by atoms with E-state index in [0.717, 1.165) is 42.6 Å². The van der Waals surface area contributed by atoms with Gasteiger partial charge in [-0.3, -0.25) is 4.79 Å². The van der Waals surface area contributed by atoms with Crippen molar-refractivity contribution in [1.29, 1.82) is 0 Å². The summed E-state index contributed by atoms with van der Waals surface area (Å²) in [6.07, 6.45) is 0. The molecule has 1 aliphatic rings. The van der Waals surface area contributed by atoms with E-state index in [1.807, 2.05) is 37.3 Å². The van der Waals surface area contributed by atoms with E-state index in [4.69, 9.17) is 23.2 Å². The van der Waals surface area contributed by atoms with Crippen LogP contribution in [0.2, 0.25) is 10.0 Å². The normalized spacial score (nSPS) is 16.5. The Morgan fingerprint density at radius 2 is 1.72 bits per heavy atom. The highest BCUT2D eigenvalue weighted by molar-refractivity contribution is 6.31. The Kier molecular flexibility index (Phi) is 5.84. The molecule has 1 fully saturated rings. The van der Waals surface area contributed by atoms with Crippen molar-refractivity contribution in [3.8, 4) is 0 Å². The lowest BCUT2D eigenvalue weighted by Crippen LogP contribution is -3.19. The van der Waals surface area contributed by atoms with Crippen LogP contribution in [-0.2, 0) is 4.79 Å². The van der Waals surface area contributed by atoms with Gasteiger partial charge < -0.3 is 15.1 Å². The van der Waals surface area contributed by atoms with E-state index in [1.54, 1.807) is 12.1 Å². The van der Waals surface area contributed by atoms with Crippen LogP contribution < -0.4 is 15.1 Å². The fourth-order valence-corrected chi connectivity index (χ4v) is 3.53. The van der Waals surface area contributed by atoms with E-state index >= 15 is 0 Å². The predicted molar refractivity (Wildman–Crippen MR) is 104 cm³/mol. The molecule has 0 radical (unpaired) electrons. The molecule has 0 aromatic heterocycles. The summed E-state index contributed by atoms with van der Waals surface area (Å²) in [7, 11) is 0. The van der Waals surface area contributed by atoms with Crippen molar-refractivity contribution in [2.45, 2.75) is 13.0 Å². The highest BCUT2D eigenvalue weighted by Gasteiger charge is 2.29. The Balaban J connectivity index is 1.56. The first-order valence-electron chi connectivity index (χ1n) is 8.44. The Morgan fingerprint density at radius 1 is 1.08 bits per heavy atom. The fraction of sp³-hybridized carbons (Fsp3) is 0.316. The number of hydrogen-bond donors (Lipinski definition) is 2. The molecule has 4 nitrogen and oxygen atoms in total. The van der Waals surface area contributed by atoms with Gasteiger partial charge in [0, 0.05) is 21.4 Å². The van der Waals surface area contributed by atoms with Crippen LogP contribution in [-0.4, -0.2) is 38.1 Å². The molecule has 2 aromatic carbocycles. The Morgan fingerprint density at radius 3 is 2.36 bits per heavy atom. The number of halogens is 2. The van der Waals surface area contributed by atoms with Gasteiger partial charge in [-0.05, 0) is 43.3 Å². The SMILES string of the molecule is C[C@H](C(=O)Nc1cccc(Cl)c1)[NH+]1CCN(c2cccc(Cl)c2)CC1. The topological polar surface area (TPSA) is 36.8 Å². The maximum absolute atomic E-state index is 12.5. The van der Waals surface area contributed by atoms with Crippen LogP contribution in [0, 0.1) is 0 Å². The van der Waals surface area contributed by atoms with E-state index in [2.05, 4.69) is 16.3 Å². The number of carbonyl (C=O) groups excluding carboxylic acids is 1. The van der Waals surface area contributed by atoms with Gasteiger partial charge in [0.05, 0.1) is 26.2 Å². The number of rotatable bonds is 4. The van der Waals surface area contributed by atoms with Crippen LogP contribution in [0.5, 0.6) is 0 Å². The number of piperazine rings is 1. The van der Waals surface area contributed by atoms with Gasteiger partial charge in [0.25, 0.3) is 5.91 Å². The van der Waals surface area contributed by atoms with Crippen molar-refractivity contribution >= 4 is 40.5 Å². The largest absolute Gasteiger partial charge is 0.360 e. The Bertz CT molecular complexity index is 745. The molecule has 1 saturated heterocycles. The number of quaternary nitrogens is 1. The van der Waals surface area contributed by atoms with Crippen LogP contribution in [0.1, 0.15) is 6.92 Å². The molecule has 0 aliphatic carbocycles. The van der Waals surface area contributed by atoms with E-state index in [-0.39, 0.29) is 11.9 Å². The third-order valence-electron chi connectivity index (χ3n) is 4.68. The van der Waals surface area contributed by atoms with Crippen molar-refractivity contribution in [2.24, 2.45) is 0 Å². The quantitative estimate of drug-likeness (QED) is 0.857. The lowest BCUT2D eigenvalue weighted by atomic mass is 10.2. The molecule has 3 rings (SSSR count). The zero-order chi connectivity index (χ0) is 17.8. The average molecular weight is 379 g/mol. The maximum atomic E-state index is 12.5. The molecule has 2 N–H and O–H groups in total. The molecule has 6 heteroatoms. The minimum absolute atomic E-state index is 0.0217. The highest BCUT2D eigenvalue weighted by Crippen LogP contribution is 2.19. The third-order valence-corrected chi connectivity index (χ3v) is 5.15. The smallest absolute Gasteiger partial charge is 0.282 e. The molecule has 0 unspecified atom stereocenters. The van der Waals surface area contributed by atoms with Crippen LogP contribution in [0.3, 0.4) is 0 Å². The summed E-state index contributed by atoms with van der Waals surface area (Å²) in [5.41, 5.74) is 1.88. The molecule has 0 spiro atoms. The molecule has 0 saturated carbocycles. The Hall–Kier alpha value is -1.75. The van der Waals surface area contributed by atoms with Crippen LogP contribution in [0.25, 0.3) is 0 Å². The van der Waals surface area contributed by atoms with Crippen molar-refractivity contribution < 1.29 is 9.69 Å². The lowest BCUT2D eigenvalue weighted by Gasteiger charge is -2.36. The van der Waals surface area contributed by atoms with Crippen LogP contribution in [0.4, 0.5) is 11.4 Å². The highest BCUT2D eigenvalue weighted by atomic mass is 35.5. The average Bonchev–Trinajstić information content (AvgIpc) is 2.61. The molecule has 1 atom stereocenters. The summed E-state index contributed by atoms with van der Waals surface area (Å²) < 4.78 is 0. The number of carbonyl (C=O) groups is 1. The van der Waals surface area contributed by atoms with Crippen molar-refractivity contribution in [3.63, 3.8) is 0 Å². The van der Waals surface area contributed by atoms with Crippen molar-refractivity contribution in [2.75, 3.05) is 36.4 Å². The van der Waals surface area contributed by atoms with E-state index < -0.39 is 0 Å². The van der Waals surface area contributed by atoms with E-state index in [9.17, 15) is 4.79 Å². The second-order valence-electron chi connectivity index (χ2n) is 6.35. The zero-order valence-corrected chi connectivity index (χ0v) is 15.6. The fourth-order valence-electron chi connectivity index (χ4n) is 3.16. The van der Waals surface area contributed by atoms with Gasteiger partial charge in [-0.2, -0.15) is 0 Å². The molecule has 0 bridgehead atoms. The molecular weight excluding hydrogens is 357 g/mol. The van der Waals surface area contributed by atoms with E-state index in [0.29, 0.717) is 5.02 Å². The van der Waals surface area contributed by atoms with Crippen LogP contribution in [0.15, 0.2) is 48.5 Å². The van der Waals surface area contributed by atoms with Crippen molar-refractivity contribution in [1.82, 2.24) is 0 Å². The van der Waals surface area contributed by atoms with Gasteiger partial charge >= 0.3 is 0 Å². The van der Waals surface area contributed by atoms with Gasteiger partial charge in [-0.25, -0.2) is 0 Å². The number of nitrogens with one attached hydrogen (secondary N) is 2. The summed E-state index contributed by atoms with van der Waals surface area (Å²) >= 11 is 12.0. The summed E-state index contributed by atoms with van der Waals surface area (Å²) in [6.45, 7) is 5.62. The first kappa shape index (κ1) is 18.1. The summed E-state index contributed by atoms with van der Waals surface area (Å²) in [5.74, 6) is 0.0217. The number of benzene rings is 2. The molecule has 132 valence electrons. The summed E-state index contributed by atoms with van der Waals surface area (Å²) in [6, 6.07) is 15.0. The van der Waals surface area contributed by atoms with Gasteiger partial charge in [-0.15, -0.1) is 0 Å². The van der Waals surface area contributed by atoms with E-state index in [1.165, 1.54) is 4.90 Å². The minimum atomic E-state index is -0.111. The minimum Gasteiger partial charge on any atom is -0.360 e. The van der Waals surface area contributed by atoms with Crippen molar-refractivity contribution in [3.05, 3.63) is 58.6 Å². The molecule has 25 heavy (non-hydrogen) atoms. The van der Waals surface area contributed by atoms with Crippen LogP contribution >= 0.6 is 23.2 Å². The number of anilines is 2. The standard InChI is InChI=1S/C19H21Cl2N3O/c1-14(19(25)22-17-6-2-4-15(20)12-17)23-8-10-24(11-9-23)18-7-3-5-16(21)13-18/h2-7,12-14H,8-11H2,1H3,(H,22,25)/p+1/t14-/m1/s1. The third kappa shape index (κ3) is 4.66. The number of hydrogen-bond acceptors (Lipinski definition) is 2. The number of amides is 1. The molecule has 1 aliphatic heterocycles. The first-order valence-corrected chi connectivity index (χ1v) is 9.20. The first-order chi connectivity index (χ1) is 12.0.